The largest absolute Gasteiger partial charge is 0.377 e. The van der Waals surface area contributed by atoms with Gasteiger partial charge in [0, 0.05) is 6.20 Å². The third-order valence-corrected chi connectivity index (χ3v) is 2.82. The third kappa shape index (κ3) is 4.75. The molecule has 1 aromatic heterocycles. The Labute approximate surface area is 111 Å². The van der Waals surface area contributed by atoms with Crippen molar-refractivity contribution in [2.24, 2.45) is 0 Å². The highest BCUT2D eigenvalue weighted by Crippen LogP contribution is 2.17. The number of nitrogens with one attached hydrogen (secondary N) is 1. The predicted molar refractivity (Wildman–Crippen MR) is 75.8 cm³/mol. The first kappa shape index (κ1) is 15.1. The molecule has 0 saturated heterocycles. The van der Waals surface area contributed by atoms with Crippen molar-refractivity contribution in [2.75, 3.05) is 13.2 Å². The van der Waals surface area contributed by atoms with Gasteiger partial charge in [-0.15, -0.1) is 0 Å². The maximum absolute atomic E-state index is 5.74. The van der Waals surface area contributed by atoms with Gasteiger partial charge in [-0.3, -0.25) is 4.98 Å². The summed E-state index contributed by atoms with van der Waals surface area (Å²) in [6.45, 7) is 12.1. The summed E-state index contributed by atoms with van der Waals surface area (Å²) in [6, 6.07) is 2.37. The molecule has 0 aromatic carbocycles. The molecule has 0 bridgehead atoms. The van der Waals surface area contributed by atoms with Gasteiger partial charge in [0.05, 0.1) is 24.4 Å². The molecule has 0 saturated carbocycles. The van der Waals surface area contributed by atoms with E-state index in [-0.39, 0.29) is 12.1 Å². The van der Waals surface area contributed by atoms with E-state index in [9.17, 15) is 0 Å². The second-order valence-electron chi connectivity index (χ2n) is 5.10. The van der Waals surface area contributed by atoms with Crippen LogP contribution in [0.4, 0.5) is 0 Å². The summed E-state index contributed by atoms with van der Waals surface area (Å²) in [5.74, 6) is 0. The van der Waals surface area contributed by atoms with Gasteiger partial charge in [-0.05, 0) is 51.8 Å². The van der Waals surface area contributed by atoms with Crippen LogP contribution in [0.25, 0.3) is 0 Å². The van der Waals surface area contributed by atoms with Gasteiger partial charge in [0.2, 0.25) is 0 Å². The zero-order chi connectivity index (χ0) is 13.5. The van der Waals surface area contributed by atoms with E-state index < -0.39 is 0 Å². The van der Waals surface area contributed by atoms with Crippen molar-refractivity contribution >= 4 is 0 Å². The Morgan fingerprint density at radius 2 is 2.06 bits per heavy atom. The molecule has 0 spiro atoms. The highest BCUT2D eigenvalue weighted by molar-refractivity contribution is 5.25. The minimum Gasteiger partial charge on any atom is -0.377 e. The predicted octanol–water partition coefficient (Wildman–Crippen LogP) is 3.16. The van der Waals surface area contributed by atoms with Crippen molar-refractivity contribution in [3.05, 3.63) is 29.1 Å². The van der Waals surface area contributed by atoms with E-state index in [0.29, 0.717) is 6.61 Å². The Bertz CT molecular complexity index is 364. The highest BCUT2D eigenvalue weighted by Gasteiger charge is 2.15. The molecule has 18 heavy (non-hydrogen) atoms. The maximum Gasteiger partial charge on any atom is 0.0735 e. The fourth-order valence-corrected chi connectivity index (χ4v) is 1.93. The lowest BCUT2D eigenvalue weighted by atomic mass is 10.1. The van der Waals surface area contributed by atoms with Gasteiger partial charge in [-0.25, -0.2) is 0 Å². The molecule has 0 fully saturated rings. The first-order chi connectivity index (χ1) is 8.54. The zero-order valence-corrected chi connectivity index (χ0v) is 12.3. The maximum atomic E-state index is 5.74. The Kier molecular flexibility index (Phi) is 6.30. The van der Waals surface area contributed by atoms with Crippen molar-refractivity contribution in [3.63, 3.8) is 0 Å². The zero-order valence-electron chi connectivity index (χ0n) is 12.3. The van der Waals surface area contributed by atoms with Gasteiger partial charge in [-0.1, -0.05) is 13.0 Å². The Morgan fingerprint density at radius 3 is 2.61 bits per heavy atom. The molecule has 0 amide bonds. The first-order valence-electron chi connectivity index (χ1n) is 6.82. The molecule has 1 N–H and O–H groups in total. The number of hydrogen-bond donors (Lipinski definition) is 1. The average molecular weight is 250 g/mol. The van der Waals surface area contributed by atoms with Crippen LogP contribution in [0.5, 0.6) is 0 Å². The molecule has 1 rings (SSSR count). The number of ether oxygens (including phenoxy) is 1. The minimum atomic E-state index is 0.188. The summed E-state index contributed by atoms with van der Waals surface area (Å²) in [5, 5.41) is 3.51. The van der Waals surface area contributed by atoms with E-state index in [1.807, 2.05) is 6.20 Å². The van der Waals surface area contributed by atoms with Gasteiger partial charge >= 0.3 is 0 Å². The van der Waals surface area contributed by atoms with Crippen LogP contribution in [0.1, 0.15) is 50.1 Å². The molecule has 3 heteroatoms. The number of hydrogen-bond acceptors (Lipinski definition) is 3. The molecular formula is C15H26N2O. The smallest absolute Gasteiger partial charge is 0.0735 e. The average Bonchev–Trinajstić information content (AvgIpc) is 2.30. The van der Waals surface area contributed by atoms with E-state index >= 15 is 0 Å². The topological polar surface area (TPSA) is 34.1 Å². The first-order valence-corrected chi connectivity index (χ1v) is 6.82. The lowest BCUT2D eigenvalue weighted by Crippen LogP contribution is -2.29. The van der Waals surface area contributed by atoms with E-state index in [1.54, 1.807) is 0 Å². The van der Waals surface area contributed by atoms with Gasteiger partial charge in [0.1, 0.15) is 0 Å². The van der Waals surface area contributed by atoms with Crippen molar-refractivity contribution < 1.29 is 4.74 Å². The molecule has 0 radical (unpaired) electrons. The third-order valence-electron chi connectivity index (χ3n) is 2.82. The fraction of sp³-hybridized carbons (Fsp3) is 0.667. The minimum absolute atomic E-state index is 0.188. The quantitative estimate of drug-likeness (QED) is 0.807. The summed E-state index contributed by atoms with van der Waals surface area (Å²) in [7, 11) is 0. The summed E-state index contributed by atoms with van der Waals surface area (Å²) in [5.41, 5.74) is 3.54. The number of rotatable bonds is 7. The highest BCUT2D eigenvalue weighted by atomic mass is 16.5. The van der Waals surface area contributed by atoms with E-state index in [2.05, 4.69) is 51.0 Å². The number of aromatic nitrogens is 1. The van der Waals surface area contributed by atoms with Crippen LogP contribution in [0.3, 0.4) is 0 Å². The summed E-state index contributed by atoms with van der Waals surface area (Å²) < 4.78 is 5.74. The van der Waals surface area contributed by atoms with Crippen LogP contribution in [0.2, 0.25) is 0 Å². The lowest BCUT2D eigenvalue weighted by Gasteiger charge is -2.21. The molecule has 1 unspecified atom stereocenters. The van der Waals surface area contributed by atoms with Gasteiger partial charge in [-0.2, -0.15) is 0 Å². The van der Waals surface area contributed by atoms with Crippen LogP contribution in [-0.2, 0) is 4.74 Å². The van der Waals surface area contributed by atoms with Gasteiger partial charge in [0.15, 0.2) is 0 Å². The molecule has 0 aliphatic rings. The molecule has 102 valence electrons. The van der Waals surface area contributed by atoms with Gasteiger partial charge < -0.3 is 10.1 Å². The van der Waals surface area contributed by atoms with Crippen LogP contribution in [0, 0.1) is 13.8 Å². The van der Waals surface area contributed by atoms with E-state index in [4.69, 9.17) is 4.74 Å². The number of aryl methyl sites for hydroxylation is 2. The van der Waals surface area contributed by atoms with Crippen LogP contribution >= 0.6 is 0 Å². The Hall–Kier alpha value is -0.930. The van der Waals surface area contributed by atoms with Crippen LogP contribution < -0.4 is 5.32 Å². The molecule has 1 atom stereocenters. The molecule has 0 aliphatic heterocycles. The number of nitrogens with zero attached hydrogens (tertiary/aromatic N) is 1. The number of pyridine rings is 1. The van der Waals surface area contributed by atoms with Crippen molar-refractivity contribution in [3.8, 4) is 0 Å². The Morgan fingerprint density at radius 1 is 1.33 bits per heavy atom. The van der Waals surface area contributed by atoms with E-state index in [0.717, 1.165) is 18.7 Å². The standard InChI is InChI=1S/C15H26N2O/c1-6-7-16-14(10-18-11(2)3)15-13(5)8-12(4)9-17-15/h8-9,11,14,16H,6-7,10H2,1-5H3. The second-order valence-corrected chi connectivity index (χ2v) is 5.10. The summed E-state index contributed by atoms with van der Waals surface area (Å²) in [4.78, 5) is 4.57. The van der Waals surface area contributed by atoms with Crippen LogP contribution in [-0.4, -0.2) is 24.2 Å². The van der Waals surface area contributed by atoms with Crippen molar-refractivity contribution in [2.45, 2.75) is 53.2 Å². The lowest BCUT2D eigenvalue weighted by molar-refractivity contribution is 0.0602. The monoisotopic (exact) mass is 250 g/mol. The SMILES string of the molecule is CCCNC(COC(C)C)c1ncc(C)cc1C. The molecule has 1 aromatic rings. The summed E-state index contributed by atoms with van der Waals surface area (Å²) in [6.07, 6.45) is 3.29. The van der Waals surface area contributed by atoms with Gasteiger partial charge in [0.25, 0.3) is 0 Å². The summed E-state index contributed by atoms with van der Waals surface area (Å²) >= 11 is 0. The van der Waals surface area contributed by atoms with Crippen molar-refractivity contribution in [1.82, 2.24) is 10.3 Å². The molecule has 1 heterocycles. The molecule has 3 nitrogen and oxygen atoms in total. The van der Waals surface area contributed by atoms with Crippen LogP contribution in [0.15, 0.2) is 12.3 Å². The van der Waals surface area contributed by atoms with E-state index in [1.165, 1.54) is 11.1 Å². The molecule has 0 aliphatic carbocycles. The normalized spacial score (nSPS) is 13.0. The fourth-order valence-electron chi connectivity index (χ4n) is 1.93. The molecular weight excluding hydrogens is 224 g/mol. The van der Waals surface area contributed by atoms with Crippen molar-refractivity contribution in [1.29, 1.82) is 0 Å². The Balaban J connectivity index is 2.79. The second kappa shape index (κ2) is 7.49.